The van der Waals surface area contributed by atoms with Gasteiger partial charge in [0.25, 0.3) is 0 Å². The van der Waals surface area contributed by atoms with E-state index in [4.69, 9.17) is 14.6 Å². The molecule has 1 saturated carbocycles. The van der Waals surface area contributed by atoms with Crippen molar-refractivity contribution in [3.05, 3.63) is 17.2 Å². The number of nitrogens with one attached hydrogen (secondary N) is 1. The zero-order chi connectivity index (χ0) is 19.6. The summed E-state index contributed by atoms with van der Waals surface area (Å²) in [7, 11) is 3.86. The maximum absolute atomic E-state index is 11.0. The number of hydrogen-bond donors (Lipinski definition) is 3. The van der Waals surface area contributed by atoms with Gasteiger partial charge in [-0.1, -0.05) is 0 Å². The van der Waals surface area contributed by atoms with Crippen molar-refractivity contribution in [3.63, 3.8) is 0 Å². The summed E-state index contributed by atoms with van der Waals surface area (Å²) in [6.45, 7) is 1.43. The normalized spacial score (nSPS) is 35.2. The van der Waals surface area contributed by atoms with E-state index < -0.39 is 5.97 Å². The zero-order valence-electron chi connectivity index (χ0n) is 16.4. The first-order chi connectivity index (χ1) is 13.5. The highest BCUT2D eigenvalue weighted by Gasteiger charge is 2.65. The highest BCUT2D eigenvalue weighted by Crippen LogP contribution is 2.65. The molecule has 0 aromatic heterocycles. The van der Waals surface area contributed by atoms with Gasteiger partial charge < -0.3 is 29.9 Å². The van der Waals surface area contributed by atoms with E-state index in [1.165, 1.54) is 5.56 Å². The first-order valence-corrected chi connectivity index (χ1v) is 10.2. The van der Waals surface area contributed by atoms with Gasteiger partial charge in [-0.2, -0.15) is 0 Å². The number of likely N-dealkylation sites (tertiary alicyclic amines) is 1. The molecule has 2 heterocycles. The summed E-state index contributed by atoms with van der Waals surface area (Å²) in [5, 5.41) is 23.1. The standard InChI is InChI=1S/C21H28N2O5/c1-23-8-6-21-12-3-4-13(22-7-5-17(25)26)20(21)28-19-15(24)10-16(27-2)11(18(19)21)9-14(12)23/h10,12-14,20,22,24H,3-9H2,1-2H3,(H,25,26)/t12-,13+,14+,20-,21-/m0/s1. The largest absolute Gasteiger partial charge is 0.504 e. The van der Waals surface area contributed by atoms with Crippen LogP contribution < -0.4 is 14.8 Å². The summed E-state index contributed by atoms with van der Waals surface area (Å²) in [6, 6.07) is 2.21. The topological polar surface area (TPSA) is 91.3 Å². The summed E-state index contributed by atoms with van der Waals surface area (Å²) in [5.74, 6) is 1.21. The molecule has 3 N–H and O–H groups in total. The van der Waals surface area contributed by atoms with E-state index >= 15 is 0 Å². The molecular formula is C21H28N2O5. The van der Waals surface area contributed by atoms with E-state index in [0.29, 0.717) is 24.3 Å². The smallest absolute Gasteiger partial charge is 0.304 e. The number of carboxylic acids is 1. The molecule has 2 bridgehead atoms. The molecule has 2 fully saturated rings. The van der Waals surface area contributed by atoms with Crippen LogP contribution in [0.4, 0.5) is 0 Å². The van der Waals surface area contributed by atoms with E-state index in [0.717, 1.165) is 43.5 Å². The van der Waals surface area contributed by atoms with Gasteiger partial charge in [-0.15, -0.1) is 0 Å². The zero-order valence-corrected chi connectivity index (χ0v) is 16.4. The van der Waals surface area contributed by atoms with Crippen LogP contribution in [0, 0.1) is 5.92 Å². The van der Waals surface area contributed by atoms with Crippen molar-refractivity contribution < 1.29 is 24.5 Å². The molecule has 2 aliphatic carbocycles. The lowest BCUT2D eigenvalue weighted by Crippen LogP contribution is -2.68. The summed E-state index contributed by atoms with van der Waals surface area (Å²) >= 11 is 0. The molecule has 28 heavy (non-hydrogen) atoms. The summed E-state index contributed by atoms with van der Waals surface area (Å²) in [4.78, 5) is 13.4. The third-order valence-electron chi connectivity index (χ3n) is 7.65. The highest BCUT2D eigenvalue weighted by atomic mass is 16.5. The number of methoxy groups -OCH3 is 1. The predicted molar refractivity (Wildman–Crippen MR) is 102 cm³/mol. The monoisotopic (exact) mass is 388 g/mol. The van der Waals surface area contributed by atoms with E-state index in [1.807, 2.05) is 0 Å². The fraction of sp³-hybridized carbons (Fsp3) is 0.667. The molecule has 0 amide bonds. The van der Waals surface area contributed by atoms with Gasteiger partial charge in [0.1, 0.15) is 11.9 Å². The van der Waals surface area contributed by atoms with Crippen molar-refractivity contribution in [2.45, 2.75) is 55.7 Å². The quantitative estimate of drug-likeness (QED) is 0.704. The van der Waals surface area contributed by atoms with Gasteiger partial charge in [0.05, 0.1) is 13.5 Å². The van der Waals surface area contributed by atoms with E-state index in [1.54, 1.807) is 13.2 Å². The second-order valence-electron chi connectivity index (χ2n) is 8.75. The number of ether oxygens (including phenoxy) is 2. The molecule has 1 spiro atoms. The Hall–Kier alpha value is -1.99. The molecule has 2 aliphatic heterocycles. The number of rotatable bonds is 5. The molecule has 7 heteroatoms. The predicted octanol–water partition coefficient (Wildman–Crippen LogP) is 1.50. The average molecular weight is 388 g/mol. The van der Waals surface area contributed by atoms with Gasteiger partial charge in [-0.3, -0.25) is 4.79 Å². The van der Waals surface area contributed by atoms with Crippen molar-refractivity contribution in [2.24, 2.45) is 5.92 Å². The number of carbonyl (C=O) groups is 1. The minimum atomic E-state index is -0.795. The Morgan fingerprint density at radius 3 is 3.04 bits per heavy atom. The number of phenolic OH excluding ortho intramolecular Hbond substituents is 1. The molecule has 5 atom stereocenters. The van der Waals surface area contributed by atoms with Crippen LogP contribution in [0.5, 0.6) is 17.2 Å². The molecule has 5 rings (SSSR count). The van der Waals surface area contributed by atoms with Gasteiger partial charge in [0.2, 0.25) is 0 Å². The number of phenols is 1. The lowest BCUT2D eigenvalue weighted by atomic mass is 9.51. The van der Waals surface area contributed by atoms with Crippen molar-refractivity contribution >= 4 is 5.97 Å². The number of nitrogens with zero attached hydrogens (tertiary/aromatic N) is 1. The highest BCUT2D eigenvalue weighted by molar-refractivity contribution is 5.67. The minimum Gasteiger partial charge on any atom is -0.504 e. The SMILES string of the molecule is COc1cc(O)c2c3c1C[C@@H]1[C@@H]4CC[C@@H](NCCC(=O)O)[C@H](O2)[C@]34CCN1C. The number of benzene rings is 1. The number of aromatic hydroxyl groups is 1. The fourth-order valence-corrected chi connectivity index (χ4v) is 6.55. The number of likely N-dealkylation sites (N-methyl/N-ethyl adjacent to an activating group) is 1. The molecule has 7 nitrogen and oxygen atoms in total. The molecule has 1 saturated heterocycles. The molecule has 1 aromatic rings. The van der Waals surface area contributed by atoms with Gasteiger partial charge in [-0.05, 0) is 45.2 Å². The number of aliphatic carboxylic acids is 1. The fourth-order valence-electron chi connectivity index (χ4n) is 6.55. The maximum Gasteiger partial charge on any atom is 0.304 e. The van der Waals surface area contributed by atoms with E-state index in [2.05, 4.69) is 17.3 Å². The maximum atomic E-state index is 11.0. The Labute approximate surface area is 164 Å². The van der Waals surface area contributed by atoms with Gasteiger partial charge in [-0.25, -0.2) is 0 Å². The minimum absolute atomic E-state index is 0.0803. The van der Waals surface area contributed by atoms with E-state index in [9.17, 15) is 9.90 Å². The Kier molecular flexibility index (Phi) is 4.04. The van der Waals surface area contributed by atoms with Crippen molar-refractivity contribution in [3.8, 4) is 17.2 Å². The van der Waals surface area contributed by atoms with Gasteiger partial charge >= 0.3 is 5.97 Å². The first-order valence-electron chi connectivity index (χ1n) is 10.2. The summed E-state index contributed by atoms with van der Waals surface area (Å²) in [6.07, 6.45) is 3.96. The molecular weight excluding hydrogens is 360 g/mol. The Morgan fingerprint density at radius 2 is 2.29 bits per heavy atom. The second kappa shape index (κ2) is 6.26. The average Bonchev–Trinajstić information content (AvgIpc) is 3.02. The first kappa shape index (κ1) is 18.1. The Bertz CT molecular complexity index is 828. The number of carboxylic acid groups (broad SMARTS) is 1. The van der Waals surface area contributed by atoms with Crippen molar-refractivity contribution in [1.29, 1.82) is 0 Å². The van der Waals surface area contributed by atoms with Crippen LogP contribution in [0.1, 0.15) is 36.8 Å². The van der Waals surface area contributed by atoms with Crippen LogP contribution in [-0.4, -0.2) is 66.5 Å². The molecule has 0 unspecified atom stereocenters. The van der Waals surface area contributed by atoms with Crippen LogP contribution in [0.15, 0.2) is 6.07 Å². The van der Waals surface area contributed by atoms with E-state index in [-0.39, 0.29) is 29.7 Å². The van der Waals surface area contributed by atoms with Crippen LogP contribution >= 0.6 is 0 Å². The van der Waals surface area contributed by atoms with Crippen molar-refractivity contribution in [2.75, 3.05) is 27.2 Å². The lowest BCUT2D eigenvalue weighted by molar-refractivity contribution is -0.137. The van der Waals surface area contributed by atoms with Crippen molar-refractivity contribution in [1.82, 2.24) is 10.2 Å². The Morgan fingerprint density at radius 1 is 1.46 bits per heavy atom. The van der Waals surface area contributed by atoms with Crippen LogP contribution in [0.2, 0.25) is 0 Å². The summed E-state index contributed by atoms with van der Waals surface area (Å²) < 4.78 is 12.1. The number of hydrogen-bond acceptors (Lipinski definition) is 6. The third kappa shape index (κ3) is 2.26. The molecule has 152 valence electrons. The lowest BCUT2D eigenvalue weighted by Gasteiger charge is -2.59. The number of piperidine rings is 1. The Balaban J connectivity index is 1.61. The third-order valence-corrected chi connectivity index (χ3v) is 7.65. The van der Waals surface area contributed by atoms with Crippen LogP contribution in [0.3, 0.4) is 0 Å². The molecule has 1 aromatic carbocycles. The molecule has 4 aliphatic rings. The second-order valence-corrected chi connectivity index (χ2v) is 8.75. The van der Waals surface area contributed by atoms with Gasteiger partial charge in [0.15, 0.2) is 11.5 Å². The van der Waals surface area contributed by atoms with Crippen LogP contribution in [-0.2, 0) is 16.6 Å². The molecule has 0 radical (unpaired) electrons. The van der Waals surface area contributed by atoms with Crippen LogP contribution in [0.25, 0.3) is 0 Å². The summed E-state index contributed by atoms with van der Waals surface area (Å²) in [5.41, 5.74) is 2.20. The van der Waals surface area contributed by atoms with Gasteiger partial charge in [0, 0.05) is 41.2 Å².